The molecule has 1 aliphatic carbocycles. The minimum Gasteiger partial charge on any atom is -0.488 e. The summed E-state index contributed by atoms with van der Waals surface area (Å²) in [6, 6.07) is 9.66. The lowest BCUT2D eigenvalue weighted by atomic mass is 10.1. The van der Waals surface area contributed by atoms with Crippen LogP contribution in [0.15, 0.2) is 24.3 Å². The van der Waals surface area contributed by atoms with Gasteiger partial charge in [0, 0.05) is 13.5 Å². The summed E-state index contributed by atoms with van der Waals surface area (Å²) in [6.45, 7) is 1.86. The number of sulfonamides is 1. The number of para-hydroxylation sites is 1. The zero-order chi connectivity index (χ0) is 16.0. The van der Waals surface area contributed by atoms with E-state index in [2.05, 4.69) is 6.07 Å². The molecule has 1 fully saturated rings. The zero-order valence-electron chi connectivity index (χ0n) is 12.8. The van der Waals surface area contributed by atoms with E-state index in [9.17, 15) is 8.42 Å². The lowest BCUT2D eigenvalue weighted by Gasteiger charge is -2.29. The topological polar surface area (TPSA) is 70.4 Å². The first-order valence-electron chi connectivity index (χ1n) is 7.48. The molecule has 0 aromatic heterocycles. The molecule has 3 rings (SSSR count). The van der Waals surface area contributed by atoms with Crippen molar-refractivity contribution in [1.29, 1.82) is 5.26 Å². The molecule has 1 saturated carbocycles. The maximum absolute atomic E-state index is 12.5. The van der Waals surface area contributed by atoms with Crippen molar-refractivity contribution in [2.75, 3.05) is 12.8 Å². The first kappa shape index (κ1) is 15.3. The quantitative estimate of drug-likeness (QED) is 0.831. The van der Waals surface area contributed by atoms with Crippen LogP contribution >= 0.6 is 0 Å². The molecule has 0 bridgehead atoms. The van der Waals surface area contributed by atoms with Crippen molar-refractivity contribution in [1.82, 2.24) is 4.31 Å². The average molecular weight is 320 g/mol. The standard InChI is InChI=1S/C16H20N2O3S/c1-12(15-9-13-5-3-4-6-14(13)21-15)18(2)22(19,20)11-16(10-17)7-8-16/h3-6,12,15H,7-9,11H2,1-2H3/t12-,15+/m1/s1. The van der Waals surface area contributed by atoms with E-state index in [1.165, 1.54) is 4.31 Å². The number of benzene rings is 1. The van der Waals surface area contributed by atoms with Crippen LogP contribution in [0, 0.1) is 16.7 Å². The van der Waals surface area contributed by atoms with E-state index in [-0.39, 0.29) is 17.9 Å². The van der Waals surface area contributed by atoms with Crippen molar-refractivity contribution in [3.8, 4) is 11.8 Å². The van der Waals surface area contributed by atoms with Crippen LogP contribution in [0.4, 0.5) is 0 Å². The molecule has 1 aromatic rings. The normalized spacial score (nSPS) is 23.5. The second kappa shape index (κ2) is 5.25. The van der Waals surface area contributed by atoms with E-state index < -0.39 is 15.4 Å². The first-order chi connectivity index (χ1) is 10.4. The van der Waals surface area contributed by atoms with Crippen LogP contribution in [-0.4, -0.2) is 37.7 Å². The van der Waals surface area contributed by atoms with Crippen molar-refractivity contribution < 1.29 is 13.2 Å². The van der Waals surface area contributed by atoms with Gasteiger partial charge in [0.05, 0.1) is 23.3 Å². The maximum Gasteiger partial charge on any atom is 0.215 e. The van der Waals surface area contributed by atoms with Crippen LogP contribution in [0.25, 0.3) is 0 Å². The van der Waals surface area contributed by atoms with Gasteiger partial charge in [0.1, 0.15) is 11.9 Å². The molecule has 0 saturated heterocycles. The zero-order valence-corrected chi connectivity index (χ0v) is 13.6. The van der Waals surface area contributed by atoms with Gasteiger partial charge in [-0.1, -0.05) is 18.2 Å². The lowest BCUT2D eigenvalue weighted by Crippen LogP contribution is -2.46. The predicted octanol–water partition coefficient (Wildman–Crippen LogP) is 1.94. The van der Waals surface area contributed by atoms with Gasteiger partial charge >= 0.3 is 0 Å². The fourth-order valence-electron chi connectivity index (χ4n) is 2.86. The molecule has 0 N–H and O–H groups in total. The second-order valence-corrected chi connectivity index (χ2v) is 8.40. The SMILES string of the molecule is C[C@H]([C@@H]1Cc2ccccc2O1)N(C)S(=O)(=O)CC1(C#N)CC1. The number of hydrogen-bond acceptors (Lipinski definition) is 4. The minimum atomic E-state index is -3.46. The maximum atomic E-state index is 12.5. The highest BCUT2D eigenvalue weighted by Gasteiger charge is 2.48. The van der Waals surface area contributed by atoms with Gasteiger partial charge in [-0.25, -0.2) is 8.42 Å². The third-order valence-electron chi connectivity index (χ3n) is 4.77. The summed E-state index contributed by atoms with van der Waals surface area (Å²) in [4.78, 5) is 0. The number of nitrogens with zero attached hydrogens (tertiary/aromatic N) is 2. The summed E-state index contributed by atoms with van der Waals surface area (Å²) in [7, 11) is -1.88. The molecule has 0 amide bonds. The Labute approximate surface area is 131 Å². The van der Waals surface area contributed by atoms with Crippen LogP contribution in [0.2, 0.25) is 0 Å². The van der Waals surface area contributed by atoms with Crippen molar-refractivity contribution in [3.63, 3.8) is 0 Å². The Hall–Kier alpha value is -1.58. The number of likely N-dealkylation sites (N-methyl/N-ethyl adjacent to an activating group) is 1. The van der Waals surface area contributed by atoms with Gasteiger partial charge in [-0.05, 0) is 31.4 Å². The molecule has 6 heteroatoms. The van der Waals surface area contributed by atoms with Crippen molar-refractivity contribution in [2.24, 2.45) is 5.41 Å². The number of ether oxygens (including phenoxy) is 1. The van der Waals surface area contributed by atoms with Gasteiger partial charge in [0.25, 0.3) is 0 Å². The molecule has 0 spiro atoms. The third-order valence-corrected chi connectivity index (χ3v) is 6.90. The molecule has 2 aliphatic rings. The Morgan fingerprint density at radius 3 is 2.73 bits per heavy atom. The average Bonchev–Trinajstić information content (AvgIpc) is 3.12. The van der Waals surface area contributed by atoms with E-state index in [4.69, 9.17) is 10.00 Å². The Morgan fingerprint density at radius 2 is 2.14 bits per heavy atom. The number of rotatable bonds is 5. The van der Waals surface area contributed by atoms with Gasteiger partial charge in [0.2, 0.25) is 10.0 Å². The molecule has 0 unspecified atom stereocenters. The molecule has 118 valence electrons. The van der Waals surface area contributed by atoms with E-state index in [1.807, 2.05) is 31.2 Å². The molecule has 0 radical (unpaired) electrons. The fourth-order valence-corrected chi connectivity index (χ4v) is 4.75. The lowest BCUT2D eigenvalue weighted by molar-refractivity contribution is 0.153. The van der Waals surface area contributed by atoms with Crippen molar-refractivity contribution >= 4 is 10.0 Å². The number of nitriles is 1. The van der Waals surface area contributed by atoms with Gasteiger partial charge in [-0.15, -0.1) is 0 Å². The molecule has 22 heavy (non-hydrogen) atoms. The molecule has 5 nitrogen and oxygen atoms in total. The van der Waals surface area contributed by atoms with E-state index >= 15 is 0 Å². The van der Waals surface area contributed by atoms with Crippen molar-refractivity contribution in [2.45, 2.75) is 38.3 Å². The van der Waals surface area contributed by atoms with Crippen molar-refractivity contribution in [3.05, 3.63) is 29.8 Å². The van der Waals surface area contributed by atoms with E-state index in [0.29, 0.717) is 19.3 Å². The Balaban J connectivity index is 1.70. The largest absolute Gasteiger partial charge is 0.488 e. The first-order valence-corrected chi connectivity index (χ1v) is 9.09. The summed E-state index contributed by atoms with van der Waals surface area (Å²) in [5.41, 5.74) is 0.451. The minimum absolute atomic E-state index is 0.0863. The van der Waals surface area contributed by atoms with Crippen LogP contribution in [0.1, 0.15) is 25.3 Å². The monoisotopic (exact) mass is 320 g/mol. The van der Waals surface area contributed by atoms with E-state index in [1.54, 1.807) is 7.05 Å². The second-order valence-electron chi connectivity index (χ2n) is 6.37. The Morgan fingerprint density at radius 1 is 1.45 bits per heavy atom. The summed E-state index contributed by atoms with van der Waals surface area (Å²) in [6.07, 6.45) is 1.88. The molecular weight excluding hydrogens is 300 g/mol. The molecule has 1 aromatic carbocycles. The predicted molar refractivity (Wildman–Crippen MR) is 82.9 cm³/mol. The summed E-state index contributed by atoms with van der Waals surface area (Å²) < 4.78 is 32.3. The number of fused-ring (bicyclic) bond motifs is 1. The molecule has 1 aliphatic heterocycles. The highest BCUT2D eigenvalue weighted by molar-refractivity contribution is 7.89. The van der Waals surface area contributed by atoms with Crippen LogP contribution in [-0.2, 0) is 16.4 Å². The third kappa shape index (κ3) is 2.71. The highest BCUT2D eigenvalue weighted by atomic mass is 32.2. The summed E-state index contributed by atoms with van der Waals surface area (Å²) in [5, 5.41) is 9.11. The van der Waals surface area contributed by atoms with Gasteiger partial charge in [-0.3, -0.25) is 0 Å². The summed E-state index contributed by atoms with van der Waals surface area (Å²) >= 11 is 0. The smallest absolute Gasteiger partial charge is 0.215 e. The van der Waals surface area contributed by atoms with Crippen LogP contribution in [0.5, 0.6) is 5.75 Å². The fraction of sp³-hybridized carbons (Fsp3) is 0.562. The van der Waals surface area contributed by atoms with Gasteiger partial charge in [-0.2, -0.15) is 9.57 Å². The number of hydrogen-bond donors (Lipinski definition) is 0. The van der Waals surface area contributed by atoms with Crippen LogP contribution < -0.4 is 4.74 Å². The molecule has 2 atom stereocenters. The summed E-state index contributed by atoms with van der Waals surface area (Å²) in [5.74, 6) is 0.748. The molecule has 1 heterocycles. The Kier molecular flexibility index (Phi) is 3.66. The highest BCUT2D eigenvalue weighted by Crippen LogP contribution is 2.46. The molecular formula is C16H20N2O3S. The van der Waals surface area contributed by atoms with Gasteiger partial charge in [0.15, 0.2) is 0 Å². The van der Waals surface area contributed by atoms with E-state index in [0.717, 1.165) is 11.3 Å². The van der Waals surface area contributed by atoms with Gasteiger partial charge < -0.3 is 4.74 Å². The Bertz CT molecular complexity index is 694. The van der Waals surface area contributed by atoms with Crippen LogP contribution in [0.3, 0.4) is 0 Å².